The van der Waals surface area contributed by atoms with Gasteiger partial charge >= 0.3 is 0 Å². The molecule has 3 aliphatic rings. The van der Waals surface area contributed by atoms with Crippen molar-refractivity contribution in [1.82, 2.24) is 14.3 Å². The molecule has 2 aromatic rings. The first-order chi connectivity index (χ1) is 16.0. The summed E-state index contributed by atoms with van der Waals surface area (Å²) in [6, 6.07) is 4.39. The Morgan fingerprint density at radius 2 is 2.18 bits per heavy atom. The van der Waals surface area contributed by atoms with Gasteiger partial charge in [-0.15, -0.1) is 0 Å². The molecule has 2 aromatic heterocycles. The lowest BCUT2D eigenvalue weighted by atomic mass is 9.67. The summed E-state index contributed by atoms with van der Waals surface area (Å²) in [5.74, 6) is 0.758. The highest BCUT2D eigenvalue weighted by molar-refractivity contribution is 5.75. The molecule has 2 aliphatic carbocycles. The normalized spacial score (nSPS) is 26.3. The molecule has 0 aromatic carbocycles. The second-order valence-electron chi connectivity index (χ2n) is 10.2. The summed E-state index contributed by atoms with van der Waals surface area (Å²) in [7, 11) is 1.76. The number of rotatable bonds is 7. The third-order valence-corrected chi connectivity index (χ3v) is 7.60. The van der Waals surface area contributed by atoms with Crippen LogP contribution in [0.5, 0.6) is 0 Å². The first kappa shape index (κ1) is 22.4. The van der Waals surface area contributed by atoms with E-state index in [1.165, 1.54) is 16.7 Å². The number of alkyl halides is 1. The van der Waals surface area contributed by atoms with Crippen molar-refractivity contribution in [1.29, 1.82) is 0 Å². The van der Waals surface area contributed by atoms with Gasteiger partial charge in [0.2, 0.25) is 0 Å². The molecule has 0 saturated carbocycles. The van der Waals surface area contributed by atoms with Crippen LogP contribution in [0.4, 0.5) is 4.39 Å². The second kappa shape index (κ2) is 9.07. The summed E-state index contributed by atoms with van der Waals surface area (Å²) >= 11 is 0. The number of ether oxygens (including phenoxy) is 1. The van der Waals surface area contributed by atoms with Crippen LogP contribution in [0.25, 0.3) is 11.2 Å². The van der Waals surface area contributed by atoms with Crippen molar-refractivity contribution in [2.45, 2.75) is 39.2 Å². The first-order valence-corrected chi connectivity index (χ1v) is 12.1. The van der Waals surface area contributed by atoms with E-state index in [0.29, 0.717) is 12.4 Å². The van der Waals surface area contributed by atoms with E-state index >= 15 is 0 Å². The van der Waals surface area contributed by atoms with Gasteiger partial charge in [0.05, 0.1) is 12.4 Å². The predicted molar refractivity (Wildman–Crippen MR) is 129 cm³/mol. The van der Waals surface area contributed by atoms with Crippen LogP contribution in [-0.4, -0.2) is 52.9 Å². The van der Waals surface area contributed by atoms with Gasteiger partial charge in [0, 0.05) is 57.6 Å². The van der Waals surface area contributed by atoms with E-state index in [-0.39, 0.29) is 23.9 Å². The van der Waals surface area contributed by atoms with Crippen LogP contribution in [0.2, 0.25) is 0 Å². The number of methoxy groups -OCH3 is 1. The van der Waals surface area contributed by atoms with Gasteiger partial charge in [0.25, 0.3) is 0 Å². The fourth-order valence-electron chi connectivity index (χ4n) is 5.86. The van der Waals surface area contributed by atoms with Gasteiger partial charge in [-0.3, -0.25) is 9.29 Å². The van der Waals surface area contributed by atoms with E-state index in [9.17, 15) is 9.50 Å². The molecular weight excluding hydrogens is 417 g/mol. The summed E-state index contributed by atoms with van der Waals surface area (Å²) in [4.78, 5) is 7.15. The van der Waals surface area contributed by atoms with Crippen LogP contribution in [0.1, 0.15) is 43.9 Å². The lowest BCUT2D eigenvalue weighted by Gasteiger charge is -2.37. The number of likely N-dealkylation sites (tertiary alicyclic amines) is 1. The zero-order valence-electron chi connectivity index (χ0n) is 19.6. The Hall–Kier alpha value is -2.44. The van der Waals surface area contributed by atoms with Gasteiger partial charge in [-0.1, -0.05) is 18.6 Å². The number of nitrogens with zero attached hydrogens (tertiary/aromatic N) is 3. The highest BCUT2D eigenvalue weighted by atomic mass is 19.1. The predicted octanol–water partition coefficient (Wildman–Crippen LogP) is 5.34. The van der Waals surface area contributed by atoms with Crippen molar-refractivity contribution in [3.8, 4) is 0 Å². The zero-order chi connectivity index (χ0) is 23.0. The number of aliphatic hydroxyl groups excluding tert-OH is 1. The van der Waals surface area contributed by atoms with Crippen LogP contribution >= 0.6 is 0 Å². The minimum atomic E-state index is -0.229. The number of fused-ring (bicyclic) bond motifs is 2. The van der Waals surface area contributed by atoms with Gasteiger partial charge in [-0.25, -0.2) is 4.98 Å². The van der Waals surface area contributed by atoms with Gasteiger partial charge in [-0.2, -0.15) is 0 Å². The summed E-state index contributed by atoms with van der Waals surface area (Å²) in [6.45, 7) is 5.14. The number of hydrogen-bond donors (Lipinski definition) is 1. The standard InChI is InChI=1S/C27H34FN3O2/c1-27-9-3-4-20(8-11-33-2)26(24(27)6-5-23(32)13-27)21-7-10-31-18-22(29-25(31)12-21)17-30-15-19(14-28)16-30/h5-7,10,12-13,18-19,24,32H,3-4,8-9,11,14-17H2,1-2H3/t24?,27-/m1/s1. The molecule has 6 heteroatoms. The lowest BCUT2D eigenvalue weighted by molar-refractivity contribution is 0.0727. The molecule has 0 spiro atoms. The highest BCUT2D eigenvalue weighted by Gasteiger charge is 2.39. The monoisotopic (exact) mass is 451 g/mol. The molecule has 0 bridgehead atoms. The average molecular weight is 452 g/mol. The highest BCUT2D eigenvalue weighted by Crippen LogP contribution is 2.50. The third-order valence-electron chi connectivity index (χ3n) is 7.60. The smallest absolute Gasteiger partial charge is 0.137 e. The largest absolute Gasteiger partial charge is 0.508 e. The van der Waals surface area contributed by atoms with Crippen LogP contribution in [0.3, 0.4) is 0 Å². The van der Waals surface area contributed by atoms with Crippen molar-refractivity contribution in [2.24, 2.45) is 17.3 Å². The topological polar surface area (TPSA) is 50.0 Å². The van der Waals surface area contributed by atoms with Crippen molar-refractivity contribution < 1.29 is 14.2 Å². The SMILES string of the molecule is COCCC1=C(c2ccn3cc(CN4CC(CF)C4)nc3c2)C2C=CC(O)=C[C@@]2(C)CCC1. The molecule has 176 valence electrons. The Bertz CT molecular complexity index is 1110. The van der Waals surface area contributed by atoms with Gasteiger partial charge in [0.15, 0.2) is 0 Å². The first-order valence-electron chi connectivity index (χ1n) is 12.1. The molecular formula is C27H34FN3O2. The Morgan fingerprint density at radius 3 is 2.97 bits per heavy atom. The number of allylic oxidation sites excluding steroid dienone is 4. The molecule has 0 amide bonds. The molecule has 5 nitrogen and oxygen atoms in total. The number of hydrogen-bond acceptors (Lipinski definition) is 4. The molecule has 1 saturated heterocycles. The number of imidazole rings is 1. The van der Waals surface area contributed by atoms with Gasteiger partial charge < -0.3 is 14.2 Å². The summed E-state index contributed by atoms with van der Waals surface area (Å²) in [5.41, 5.74) is 5.85. The van der Waals surface area contributed by atoms with Crippen LogP contribution in [0, 0.1) is 17.3 Å². The van der Waals surface area contributed by atoms with E-state index in [2.05, 4.69) is 46.8 Å². The Kier molecular flexibility index (Phi) is 6.14. The molecule has 1 unspecified atom stereocenters. The Morgan fingerprint density at radius 1 is 1.33 bits per heavy atom. The van der Waals surface area contributed by atoms with Crippen molar-refractivity contribution in [3.63, 3.8) is 0 Å². The minimum Gasteiger partial charge on any atom is -0.508 e. The zero-order valence-corrected chi connectivity index (χ0v) is 19.6. The Balaban J connectivity index is 1.50. The van der Waals surface area contributed by atoms with E-state index in [1.54, 1.807) is 7.11 Å². The number of pyridine rings is 1. The van der Waals surface area contributed by atoms with E-state index in [4.69, 9.17) is 9.72 Å². The Labute approximate surface area is 195 Å². The van der Waals surface area contributed by atoms with Crippen molar-refractivity contribution in [3.05, 3.63) is 65.3 Å². The fraction of sp³-hybridized carbons (Fsp3) is 0.519. The number of aromatic nitrogens is 2. The quantitative estimate of drug-likeness (QED) is 0.617. The maximum absolute atomic E-state index is 12.8. The minimum absolute atomic E-state index is 0.111. The summed E-state index contributed by atoms with van der Waals surface area (Å²) < 4.78 is 20.3. The van der Waals surface area contributed by atoms with E-state index in [0.717, 1.165) is 56.7 Å². The van der Waals surface area contributed by atoms with E-state index < -0.39 is 0 Å². The maximum Gasteiger partial charge on any atom is 0.137 e. The lowest BCUT2D eigenvalue weighted by Crippen LogP contribution is -2.46. The average Bonchev–Trinajstić information content (AvgIpc) is 3.10. The molecule has 1 aliphatic heterocycles. The molecule has 1 N–H and O–H groups in total. The van der Waals surface area contributed by atoms with Crippen LogP contribution < -0.4 is 0 Å². The maximum atomic E-state index is 12.8. The molecule has 0 radical (unpaired) electrons. The second-order valence-corrected chi connectivity index (χ2v) is 10.2. The van der Waals surface area contributed by atoms with Crippen LogP contribution in [0.15, 0.2) is 54.1 Å². The number of aliphatic hydroxyl groups is 1. The van der Waals surface area contributed by atoms with Crippen LogP contribution in [-0.2, 0) is 11.3 Å². The van der Waals surface area contributed by atoms with Gasteiger partial charge in [0.1, 0.15) is 11.4 Å². The van der Waals surface area contributed by atoms with Crippen molar-refractivity contribution >= 4 is 11.2 Å². The third kappa shape index (κ3) is 4.38. The van der Waals surface area contributed by atoms with E-state index in [1.807, 2.05) is 12.2 Å². The summed E-state index contributed by atoms with van der Waals surface area (Å²) in [5, 5.41) is 10.2. The molecule has 33 heavy (non-hydrogen) atoms. The molecule has 3 heterocycles. The molecule has 2 atom stereocenters. The fourth-order valence-corrected chi connectivity index (χ4v) is 5.86. The van der Waals surface area contributed by atoms with Gasteiger partial charge in [-0.05, 0) is 66.5 Å². The van der Waals surface area contributed by atoms with Crippen molar-refractivity contribution in [2.75, 3.05) is 33.5 Å². The number of halogens is 1. The molecule has 5 rings (SSSR count). The molecule has 1 fully saturated rings. The summed E-state index contributed by atoms with van der Waals surface area (Å²) in [6.07, 6.45) is 14.3.